The Bertz CT molecular complexity index is 1070. The van der Waals surface area contributed by atoms with Crippen LogP contribution in [0, 0.1) is 12.7 Å². The molecule has 1 fully saturated rings. The number of amides is 2. The van der Waals surface area contributed by atoms with E-state index in [1.54, 1.807) is 17.8 Å². The monoisotopic (exact) mass is 439 g/mol. The van der Waals surface area contributed by atoms with Crippen molar-refractivity contribution in [2.24, 2.45) is 0 Å². The lowest BCUT2D eigenvalue weighted by Crippen LogP contribution is -2.46. The van der Waals surface area contributed by atoms with E-state index >= 15 is 0 Å². The molecule has 1 aliphatic rings. The maximum atomic E-state index is 14.8. The van der Waals surface area contributed by atoms with E-state index in [1.807, 2.05) is 25.3 Å². The van der Waals surface area contributed by atoms with Crippen LogP contribution in [0.2, 0.25) is 0 Å². The van der Waals surface area contributed by atoms with Crippen molar-refractivity contribution in [1.29, 1.82) is 0 Å². The van der Waals surface area contributed by atoms with Crippen molar-refractivity contribution in [3.63, 3.8) is 0 Å². The first-order chi connectivity index (χ1) is 15.5. The molecule has 0 saturated carbocycles. The molecule has 0 atom stereocenters. The van der Waals surface area contributed by atoms with Gasteiger partial charge in [0.05, 0.1) is 17.1 Å². The summed E-state index contributed by atoms with van der Waals surface area (Å²) in [5, 5.41) is 9.20. The van der Waals surface area contributed by atoms with Crippen LogP contribution in [0.5, 0.6) is 0 Å². The summed E-state index contributed by atoms with van der Waals surface area (Å²) in [5.74, 6) is 0.0696. The second-order valence-electron chi connectivity index (χ2n) is 7.46. The summed E-state index contributed by atoms with van der Waals surface area (Å²) < 4.78 is 16.5. The molecule has 0 spiro atoms. The fraction of sp³-hybridized carbons (Fsp3) is 0.381. The van der Waals surface area contributed by atoms with Gasteiger partial charge < -0.3 is 10.2 Å². The number of carbonyl (C=O) groups excluding carboxylic acids is 1. The van der Waals surface area contributed by atoms with Crippen molar-refractivity contribution in [2.45, 2.75) is 20.4 Å². The molecule has 4 rings (SSSR count). The van der Waals surface area contributed by atoms with Gasteiger partial charge in [-0.1, -0.05) is 0 Å². The largest absolute Gasteiger partial charge is 0.368 e. The third-order valence-electron chi connectivity index (χ3n) is 5.30. The van der Waals surface area contributed by atoms with E-state index in [1.165, 1.54) is 6.33 Å². The van der Waals surface area contributed by atoms with Gasteiger partial charge in [-0.05, 0) is 32.0 Å². The van der Waals surface area contributed by atoms with Crippen molar-refractivity contribution in [3.05, 3.63) is 54.1 Å². The van der Waals surface area contributed by atoms with Gasteiger partial charge in [0.25, 0.3) is 0 Å². The molecule has 168 valence electrons. The number of nitrogens with zero attached hydrogens (tertiary/aromatic N) is 7. The van der Waals surface area contributed by atoms with E-state index in [9.17, 15) is 9.18 Å². The smallest absolute Gasteiger partial charge is 0.320 e. The van der Waals surface area contributed by atoms with Crippen LogP contribution in [0.4, 0.5) is 20.7 Å². The fourth-order valence-electron chi connectivity index (χ4n) is 3.68. The van der Waals surface area contributed by atoms with Gasteiger partial charge in [-0.25, -0.2) is 28.8 Å². The number of carbonyl (C=O) groups is 1. The lowest BCUT2D eigenvalue weighted by Gasteiger charge is -2.36. The van der Waals surface area contributed by atoms with Crippen molar-refractivity contribution >= 4 is 17.5 Å². The molecule has 1 saturated heterocycles. The second kappa shape index (κ2) is 9.69. The van der Waals surface area contributed by atoms with Gasteiger partial charge in [0.2, 0.25) is 0 Å². The highest BCUT2D eigenvalue weighted by Gasteiger charge is 2.22. The predicted octanol–water partition coefficient (Wildman–Crippen LogP) is 1.97. The maximum absolute atomic E-state index is 14.8. The molecule has 1 aliphatic heterocycles. The van der Waals surface area contributed by atoms with Gasteiger partial charge in [0.15, 0.2) is 17.5 Å². The Morgan fingerprint density at radius 1 is 1.19 bits per heavy atom. The van der Waals surface area contributed by atoms with Gasteiger partial charge in [-0.3, -0.25) is 10.2 Å². The highest BCUT2D eigenvalue weighted by Crippen LogP contribution is 2.22. The fourth-order valence-corrected chi connectivity index (χ4v) is 3.68. The first-order valence-corrected chi connectivity index (χ1v) is 10.5. The number of hydrogen-bond acceptors (Lipinski definition) is 7. The minimum atomic E-state index is -0.601. The van der Waals surface area contributed by atoms with Crippen molar-refractivity contribution in [1.82, 2.24) is 34.9 Å². The zero-order chi connectivity index (χ0) is 22.5. The number of urea groups is 1. The van der Waals surface area contributed by atoms with E-state index in [0.29, 0.717) is 13.1 Å². The van der Waals surface area contributed by atoms with Gasteiger partial charge in [0.1, 0.15) is 6.33 Å². The van der Waals surface area contributed by atoms with Gasteiger partial charge in [-0.2, -0.15) is 5.10 Å². The van der Waals surface area contributed by atoms with Crippen LogP contribution in [-0.4, -0.2) is 68.4 Å². The van der Waals surface area contributed by atoms with E-state index in [4.69, 9.17) is 0 Å². The first kappa shape index (κ1) is 21.6. The molecule has 3 aromatic heterocycles. The Morgan fingerprint density at radius 2 is 2.00 bits per heavy atom. The highest BCUT2D eigenvalue weighted by molar-refractivity contribution is 5.88. The number of anilines is 2. The molecule has 2 amide bonds. The topological polar surface area (TPSA) is 104 Å². The van der Waals surface area contributed by atoms with Crippen LogP contribution in [0.25, 0.3) is 5.82 Å². The zero-order valence-electron chi connectivity index (χ0n) is 18.1. The summed E-state index contributed by atoms with van der Waals surface area (Å²) in [4.78, 5) is 28.7. The minimum absolute atomic E-state index is 0.112. The van der Waals surface area contributed by atoms with Crippen LogP contribution in [0.3, 0.4) is 0 Å². The molecule has 10 nitrogen and oxygen atoms in total. The molecule has 0 radical (unpaired) electrons. The van der Waals surface area contributed by atoms with Gasteiger partial charge in [0, 0.05) is 51.7 Å². The molecule has 32 heavy (non-hydrogen) atoms. The zero-order valence-corrected chi connectivity index (χ0v) is 18.1. The summed E-state index contributed by atoms with van der Waals surface area (Å²) in [5.41, 5.74) is 2.29. The molecule has 3 aromatic rings. The third kappa shape index (κ3) is 4.83. The number of rotatable bonds is 6. The molecule has 11 heteroatoms. The van der Waals surface area contributed by atoms with Crippen LogP contribution >= 0.6 is 0 Å². The van der Waals surface area contributed by atoms with Crippen LogP contribution in [0.1, 0.15) is 18.3 Å². The molecule has 2 N–H and O–H groups in total. The molecule has 0 aliphatic carbocycles. The van der Waals surface area contributed by atoms with E-state index in [0.717, 1.165) is 43.4 Å². The van der Waals surface area contributed by atoms with Crippen LogP contribution in [0.15, 0.2) is 36.9 Å². The SMILES string of the molecule is CCNC(=O)Nc1ncnc(CN2CCN(c3ccc(-n4cccn4)nc3C)CC2)c1F. The van der Waals surface area contributed by atoms with Crippen molar-refractivity contribution in [2.75, 3.05) is 42.9 Å². The number of pyridine rings is 1. The average Bonchev–Trinajstić information content (AvgIpc) is 3.32. The molecular formula is C21H26FN9O. The summed E-state index contributed by atoms with van der Waals surface area (Å²) in [6.45, 7) is 7.66. The van der Waals surface area contributed by atoms with Gasteiger partial charge in [-0.15, -0.1) is 0 Å². The standard InChI is InChI=1S/C21H26FN9O/c1-3-23-21(32)28-20-19(22)16(24-14-25-20)13-29-9-11-30(12-10-29)17-5-6-18(27-15(17)2)31-8-4-7-26-31/h4-8,14H,3,9-13H2,1-2H3,(H2,23,24,25,28,32). The van der Waals surface area contributed by atoms with E-state index in [-0.39, 0.29) is 11.5 Å². The van der Waals surface area contributed by atoms with Crippen molar-refractivity contribution < 1.29 is 9.18 Å². The maximum Gasteiger partial charge on any atom is 0.320 e. The Labute approximate surface area is 185 Å². The highest BCUT2D eigenvalue weighted by atomic mass is 19.1. The predicted molar refractivity (Wildman–Crippen MR) is 118 cm³/mol. The quantitative estimate of drug-likeness (QED) is 0.605. The molecule has 0 unspecified atom stereocenters. The lowest BCUT2D eigenvalue weighted by atomic mass is 10.2. The number of hydrogen-bond donors (Lipinski definition) is 2. The summed E-state index contributed by atoms with van der Waals surface area (Å²) in [6.07, 6.45) is 4.86. The number of aromatic nitrogens is 5. The first-order valence-electron chi connectivity index (χ1n) is 10.5. The molecule has 4 heterocycles. The van der Waals surface area contributed by atoms with Crippen LogP contribution in [-0.2, 0) is 6.54 Å². The molecule has 0 bridgehead atoms. The molecular weight excluding hydrogens is 413 g/mol. The molecule has 0 aromatic carbocycles. The average molecular weight is 439 g/mol. The Kier molecular flexibility index (Phi) is 6.55. The van der Waals surface area contributed by atoms with Gasteiger partial charge >= 0.3 is 6.03 Å². The summed E-state index contributed by atoms with van der Waals surface area (Å²) in [6, 6.07) is 5.40. The van der Waals surface area contributed by atoms with Crippen molar-refractivity contribution in [3.8, 4) is 5.82 Å². The number of halogens is 1. The third-order valence-corrected chi connectivity index (χ3v) is 5.30. The number of piperazine rings is 1. The minimum Gasteiger partial charge on any atom is -0.368 e. The number of aryl methyl sites for hydroxylation is 1. The summed E-state index contributed by atoms with van der Waals surface area (Å²) in [7, 11) is 0. The lowest BCUT2D eigenvalue weighted by molar-refractivity contribution is 0.243. The Balaban J connectivity index is 1.37. The van der Waals surface area contributed by atoms with Crippen LogP contribution < -0.4 is 15.5 Å². The van der Waals surface area contributed by atoms with E-state index < -0.39 is 11.8 Å². The Hall–Kier alpha value is -3.60. The number of nitrogens with one attached hydrogen (secondary N) is 2. The normalized spacial score (nSPS) is 14.4. The second-order valence-corrected chi connectivity index (χ2v) is 7.46. The summed E-state index contributed by atoms with van der Waals surface area (Å²) >= 11 is 0. The van der Waals surface area contributed by atoms with E-state index in [2.05, 4.69) is 46.6 Å². The Morgan fingerprint density at radius 3 is 2.69 bits per heavy atom.